The number of rotatable bonds is 6. The molecule has 2 aliphatic heterocycles. The molecule has 0 bridgehead atoms. The lowest BCUT2D eigenvalue weighted by Crippen LogP contribution is -2.40. The van der Waals surface area contributed by atoms with Gasteiger partial charge in [0.1, 0.15) is 11.9 Å². The number of hydrogen-bond acceptors (Lipinski definition) is 8. The summed E-state index contributed by atoms with van der Waals surface area (Å²) in [6.45, 7) is 3.49. The van der Waals surface area contributed by atoms with Crippen molar-refractivity contribution in [2.75, 3.05) is 44.0 Å². The number of carboxylic acid groups (broad SMARTS) is 1. The fourth-order valence-corrected chi connectivity index (χ4v) is 4.26. The molecular formula is C25H31F4N5O4. The molecule has 208 valence electrons. The quantitative estimate of drug-likeness (QED) is 0.528. The number of anilines is 2. The lowest BCUT2D eigenvalue weighted by molar-refractivity contribution is -0.192. The molecule has 0 unspecified atom stereocenters. The summed E-state index contributed by atoms with van der Waals surface area (Å²) >= 11 is 0. The van der Waals surface area contributed by atoms with E-state index in [4.69, 9.17) is 29.3 Å². The number of carbonyl (C=O) groups is 1. The highest BCUT2D eigenvalue weighted by molar-refractivity contribution is 5.73. The van der Waals surface area contributed by atoms with E-state index in [1.165, 1.54) is 26.0 Å². The Morgan fingerprint density at radius 2 is 1.79 bits per heavy atom. The number of aromatic nitrogens is 2. The number of hydrogen-bond donors (Lipinski definition) is 2. The lowest BCUT2D eigenvalue weighted by atomic mass is 10.1. The van der Waals surface area contributed by atoms with Crippen molar-refractivity contribution in [1.82, 2.24) is 14.9 Å². The van der Waals surface area contributed by atoms with Crippen LogP contribution < -0.4 is 19.7 Å². The molecule has 0 amide bonds. The van der Waals surface area contributed by atoms with Crippen molar-refractivity contribution in [2.24, 2.45) is 0 Å². The second kappa shape index (κ2) is 11.6. The first-order valence-corrected chi connectivity index (χ1v) is 12.4. The molecule has 3 heterocycles. The average molecular weight is 542 g/mol. The molecule has 0 spiro atoms. The van der Waals surface area contributed by atoms with Crippen LogP contribution in [0, 0.1) is 5.82 Å². The first-order valence-electron chi connectivity index (χ1n) is 12.4. The molecule has 0 atom stereocenters. The van der Waals surface area contributed by atoms with Crippen molar-refractivity contribution in [3.8, 4) is 11.5 Å². The molecule has 2 fully saturated rings. The van der Waals surface area contributed by atoms with Crippen LogP contribution in [0.15, 0.2) is 18.2 Å². The van der Waals surface area contributed by atoms with Crippen molar-refractivity contribution in [1.29, 1.82) is 0 Å². The highest BCUT2D eigenvalue weighted by Crippen LogP contribution is 2.33. The van der Waals surface area contributed by atoms with Crippen molar-refractivity contribution >= 4 is 17.6 Å². The zero-order valence-corrected chi connectivity index (χ0v) is 21.2. The first kappa shape index (κ1) is 27.7. The van der Waals surface area contributed by atoms with Gasteiger partial charge in [-0.25, -0.2) is 19.2 Å². The summed E-state index contributed by atoms with van der Waals surface area (Å²) < 4.78 is 57.0. The van der Waals surface area contributed by atoms with E-state index in [0.717, 1.165) is 68.5 Å². The normalized spacial score (nSPS) is 18.2. The van der Waals surface area contributed by atoms with E-state index in [9.17, 15) is 17.6 Å². The van der Waals surface area contributed by atoms with Gasteiger partial charge in [-0.1, -0.05) is 0 Å². The molecular weight excluding hydrogens is 510 g/mol. The van der Waals surface area contributed by atoms with Crippen LogP contribution in [-0.4, -0.2) is 78.1 Å². The molecule has 1 aliphatic carbocycles. The van der Waals surface area contributed by atoms with E-state index in [0.29, 0.717) is 11.8 Å². The number of methoxy groups -OCH3 is 1. The van der Waals surface area contributed by atoms with Gasteiger partial charge in [0.25, 0.3) is 0 Å². The molecule has 38 heavy (non-hydrogen) atoms. The van der Waals surface area contributed by atoms with Gasteiger partial charge in [0, 0.05) is 57.5 Å². The molecule has 2 aromatic rings. The maximum atomic E-state index is 14.3. The number of nitrogens with zero attached hydrogens (tertiary/aromatic N) is 4. The van der Waals surface area contributed by atoms with Gasteiger partial charge in [-0.15, -0.1) is 0 Å². The largest absolute Gasteiger partial charge is 0.497 e. The molecule has 13 heteroatoms. The zero-order valence-electron chi connectivity index (χ0n) is 21.2. The minimum Gasteiger partial charge on any atom is -0.497 e. The standard InChI is InChI=1S/C23H30FN5O2.C2HF3O2/c1-28-10-9-19-20(14-28)27-23(22(26-19)25-15-3-4-15)29-11-7-16(8-12-29)31-21-6-5-17(30-2)13-18(21)24;3-2(4,5)1(6)7/h5-6,13,15-16H,3-4,7-12,14H2,1-2H3,(H,25,26);(H,6,7). The summed E-state index contributed by atoms with van der Waals surface area (Å²) in [6.07, 6.45) is -0.133. The fraction of sp³-hybridized carbons (Fsp3) is 0.560. The number of alkyl halides is 3. The van der Waals surface area contributed by atoms with Crippen LogP contribution in [0.2, 0.25) is 0 Å². The minimum atomic E-state index is -5.08. The third kappa shape index (κ3) is 7.15. The monoisotopic (exact) mass is 541 g/mol. The summed E-state index contributed by atoms with van der Waals surface area (Å²) in [7, 11) is 3.65. The smallest absolute Gasteiger partial charge is 0.490 e. The fourth-order valence-electron chi connectivity index (χ4n) is 4.26. The summed E-state index contributed by atoms with van der Waals surface area (Å²) in [5, 5.41) is 10.7. The Morgan fingerprint density at radius 3 is 2.37 bits per heavy atom. The topological polar surface area (TPSA) is 100 Å². The van der Waals surface area contributed by atoms with Gasteiger partial charge in [-0.2, -0.15) is 13.2 Å². The van der Waals surface area contributed by atoms with Crippen LogP contribution >= 0.6 is 0 Å². The first-order chi connectivity index (χ1) is 18.0. The Kier molecular flexibility index (Phi) is 8.44. The van der Waals surface area contributed by atoms with E-state index in [1.54, 1.807) is 12.1 Å². The van der Waals surface area contributed by atoms with Crippen LogP contribution in [0.25, 0.3) is 0 Å². The molecule has 1 saturated carbocycles. The number of benzene rings is 1. The predicted molar refractivity (Wildman–Crippen MR) is 131 cm³/mol. The van der Waals surface area contributed by atoms with Gasteiger partial charge in [0.2, 0.25) is 0 Å². The Hall–Kier alpha value is -3.35. The molecule has 2 N–H and O–H groups in total. The molecule has 9 nitrogen and oxygen atoms in total. The molecule has 3 aliphatic rings. The summed E-state index contributed by atoms with van der Waals surface area (Å²) in [5.74, 6) is -0.491. The third-order valence-electron chi connectivity index (χ3n) is 6.52. The number of ether oxygens (including phenoxy) is 2. The second-order valence-electron chi connectivity index (χ2n) is 9.60. The zero-order chi connectivity index (χ0) is 27.4. The number of piperidine rings is 1. The average Bonchev–Trinajstić information content (AvgIpc) is 3.69. The predicted octanol–water partition coefficient (Wildman–Crippen LogP) is 3.87. The van der Waals surface area contributed by atoms with Crippen LogP contribution in [0.3, 0.4) is 0 Å². The van der Waals surface area contributed by atoms with E-state index in [1.807, 2.05) is 0 Å². The third-order valence-corrected chi connectivity index (χ3v) is 6.52. The van der Waals surface area contributed by atoms with Crippen molar-refractivity contribution < 1.29 is 36.9 Å². The Labute approximate surface area is 217 Å². The maximum Gasteiger partial charge on any atom is 0.490 e. The van der Waals surface area contributed by atoms with Crippen molar-refractivity contribution in [3.63, 3.8) is 0 Å². The minimum absolute atomic E-state index is 0.0179. The number of aliphatic carboxylic acids is 1. The van der Waals surface area contributed by atoms with Crippen molar-refractivity contribution in [3.05, 3.63) is 35.4 Å². The lowest BCUT2D eigenvalue weighted by Gasteiger charge is -2.35. The van der Waals surface area contributed by atoms with E-state index >= 15 is 0 Å². The molecule has 1 aromatic heterocycles. The van der Waals surface area contributed by atoms with Gasteiger partial charge in [0.15, 0.2) is 23.2 Å². The van der Waals surface area contributed by atoms with E-state index in [-0.39, 0.29) is 17.7 Å². The summed E-state index contributed by atoms with van der Waals surface area (Å²) in [4.78, 5) is 23.5. The van der Waals surface area contributed by atoms with Crippen LogP contribution in [-0.2, 0) is 17.8 Å². The molecule has 1 aromatic carbocycles. The Bertz CT molecular complexity index is 1140. The summed E-state index contributed by atoms with van der Waals surface area (Å²) in [5.41, 5.74) is 2.21. The SMILES string of the molecule is COc1ccc(OC2CCN(c3nc4c(nc3NC3CC3)CCN(C)C4)CC2)c(F)c1.O=C(O)C(F)(F)F. The van der Waals surface area contributed by atoms with Crippen LogP contribution in [0.1, 0.15) is 37.1 Å². The van der Waals surface area contributed by atoms with Gasteiger partial charge in [-0.3, -0.25) is 0 Å². The maximum absolute atomic E-state index is 14.3. The highest BCUT2D eigenvalue weighted by atomic mass is 19.4. The molecule has 0 radical (unpaired) electrons. The van der Waals surface area contributed by atoms with Gasteiger partial charge >= 0.3 is 12.1 Å². The number of likely N-dealkylation sites (N-methyl/N-ethyl adjacent to an activating group) is 1. The Morgan fingerprint density at radius 1 is 1.11 bits per heavy atom. The van der Waals surface area contributed by atoms with Crippen LogP contribution in [0.4, 0.5) is 29.2 Å². The second-order valence-corrected chi connectivity index (χ2v) is 9.60. The number of halogens is 4. The van der Waals surface area contributed by atoms with Crippen molar-refractivity contribution in [2.45, 2.75) is 57.0 Å². The van der Waals surface area contributed by atoms with Gasteiger partial charge in [-0.05, 0) is 32.0 Å². The molecule has 5 rings (SSSR count). The number of nitrogens with one attached hydrogen (secondary N) is 1. The van der Waals surface area contributed by atoms with Crippen LogP contribution in [0.5, 0.6) is 11.5 Å². The van der Waals surface area contributed by atoms with E-state index < -0.39 is 12.1 Å². The van der Waals surface area contributed by atoms with Gasteiger partial charge in [0.05, 0.1) is 18.5 Å². The number of fused-ring (bicyclic) bond motifs is 1. The van der Waals surface area contributed by atoms with Gasteiger partial charge < -0.3 is 29.7 Å². The summed E-state index contributed by atoms with van der Waals surface area (Å²) in [6, 6.07) is 5.25. The highest BCUT2D eigenvalue weighted by Gasteiger charge is 2.38. The number of carboxylic acids is 1. The Balaban J connectivity index is 0.000000426. The van der Waals surface area contributed by atoms with E-state index in [2.05, 4.69) is 22.2 Å². The molecule has 1 saturated heterocycles.